The Morgan fingerprint density at radius 3 is 2.53 bits per heavy atom. The highest BCUT2D eigenvalue weighted by Crippen LogP contribution is 2.20. The zero-order chi connectivity index (χ0) is 12.7. The average molecular weight is 235 g/mol. The number of hydrogen-bond donors (Lipinski definition) is 1. The summed E-state index contributed by atoms with van der Waals surface area (Å²) in [5.74, 6) is 1.72. The van der Waals surface area contributed by atoms with Crippen molar-refractivity contribution in [3.8, 4) is 5.75 Å². The molecule has 1 aromatic rings. The van der Waals surface area contributed by atoms with Gasteiger partial charge >= 0.3 is 0 Å². The van der Waals surface area contributed by atoms with Crippen molar-refractivity contribution in [2.45, 2.75) is 45.6 Å². The Hall–Kier alpha value is -1.02. The first-order valence-electron chi connectivity index (χ1n) is 6.51. The summed E-state index contributed by atoms with van der Waals surface area (Å²) in [6, 6.07) is 8.37. The van der Waals surface area contributed by atoms with Crippen molar-refractivity contribution in [2.24, 2.45) is 11.7 Å². The van der Waals surface area contributed by atoms with Crippen LogP contribution in [-0.4, -0.2) is 13.2 Å². The Morgan fingerprint density at radius 1 is 1.18 bits per heavy atom. The molecule has 0 fully saturated rings. The van der Waals surface area contributed by atoms with Crippen LogP contribution in [0.2, 0.25) is 0 Å². The largest absolute Gasteiger partial charge is 0.496 e. The van der Waals surface area contributed by atoms with E-state index < -0.39 is 0 Å². The maximum atomic E-state index is 6.16. The Balaban J connectivity index is 2.41. The summed E-state index contributed by atoms with van der Waals surface area (Å²) in [5.41, 5.74) is 7.37. The molecule has 0 amide bonds. The molecule has 0 saturated heterocycles. The molecule has 2 N–H and O–H groups in total. The van der Waals surface area contributed by atoms with Crippen molar-refractivity contribution < 1.29 is 4.74 Å². The zero-order valence-corrected chi connectivity index (χ0v) is 11.3. The Labute approximate surface area is 105 Å². The highest BCUT2D eigenvalue weighted by atomic mass is 16.5. The molecule has 0 aliphatic carbocycles. The van der Waals surface area contributed by atoms with Gasteiger partial charge < -0.3 is 10.5 Å². The van der Waals surface area contributed by atoms with Crippen LogP contribution in [-0.2, 0) is 6.42 Å². The van der Waals surface area contributed by atoms with Gasteiger partial charge in [-0.25, -0.2) is 0 Å². The van der Waals surface area contributed by atoms with Gasteiger partial charge in [0.15, 0.2) is 0 Å². The summed E-state index contributed by atoms with van der Waals surface area (Å²) in [4.78, 5) is 0. The van der Waals surface area contributed by atoms with Gasteiger partial charge in [0, 0.05) is 6.04 Å². The van der Waals surface area contributed by atoms with E-state index in [0.717, 1.165) is 24.5 Å². The molecule has 0 saturated carbocycles. The summed E-state index contributed by atoms with van der Waals surface area (Å²) >= 11 is 0. The molecule has 2 nitrogen and oxygen atoms in total. The van der Waals surface area contributed by atoms with Crippen LogP contribution in [0.15, 0.2) is 24.3 Å². The highest BCUT2D eigenvalue weighted by molar-refractivity contribution is 5.33. The highest BCUT2D eigenvalue weighted by Gasteiger charge is 2.08. The van der Waals surface area contributed by atoms with Crippen molar-refractivity contribution in [1.29, 1.82) is 0 Å². The van der Waals surface area contributed by atoms with Gasteiger partial charge in [0.05, 0.1) is 7.11 Å². The van der Waals surface area contributed by atoms with E-state index in [2.05, 4.69) is 19.9 Å². The van der Waals surface area contributed by atoms with Gasteiger partial charge in [0.2, 0.25) is 0 Å². The van der Waals surface area contributed by atoms with Crippen molar-refractivity contribution >= 4 is 0 Å². The van der Waals surface area contributed by atoms with Gasteiger partial charge in [0.1, 0.15) is 5.75 Å². The number of rotatable bonds is 7. The minimum Gasteiger partial charge on any atom is -0.496 e. The van der Waals surface area contributed by atoms with E-state index >= 15 is 0 Å². The lowest BCUT2D eigenvalue weighted by Gasteiger charge is -2.14. The van der Waals surface area contributed by atoms with Crippen LogP contribution in [0.4, 0.5) is 0 Å². The fourth-order valence-electron chi connectivity index (χ4n) is 2.04. The van der Waals surface area contributed by atoms with E-state index in [9.17, 15) is 0 Å². The molecule has 17 heavy (non-hydrogen) atoms. The lowest BCUT2D eigenvalue weighted by atomic mass is 9.98. The molecule has 0 aliphatic heterocycles. The van der Waals surface area contributed by atoms with Gasteiger partial charge in [-0.3, -0.25) is 0 Å². The second-order valence-corrected chi connectivity index (χ2v) is 5.10. The molecule has 1 aromatic carbocycles. The molecule has 0 aromatic heterocycles. The van der Waals surface area contributed by atoms with Crippen molar-refractivity contribution in [3.63, 3.8) is 0 Å². The van der Waals surface area contributed by atoms with E-state index in [4.69, 9.17) is 10.5 Å². The third kappa shape index (κ3) is 5.22. The predicted octanol–water partition coefficient (Wildman–Crippen LogP) is 3.39. The Bertz CT molecular complexity index is 322. The van der Waals surface area contributed by atoms with Crippen LogP contribution in [0.5, 0.6) is 5.75 Å². The fraction of sp³-hybridized carbons (Fsp3) is 0.600. The Morgan fingerprint density at radius 2 is 1.88 bits per heavy atom. The van der Waals surface area contributed by atoms with Crippen LogP contribution in [0.1, 0.15) is 38.7 Å². The van der Waals surface area contributed by atoms with Gasteiger partial charge in [-0.15, -0.1) is 0 Å². The third-order valence-electron chi connectivity index (χ3n) is 3.03. The molecular weight excluding hydrogens is 210 g/mol. The van der Waals surface area contributed by atoms with Gasteiger partial charge in [-0.05, 0) is 30.4 Å². The topological polar surface area (TPSA) is 35.2 Å². The molecule has 0 bridgehead atoms. The second-order valence-electron chi connectivity index (χ2n) is 5.10. The number of hydrogen-bond acceptors (Lipinski definition) is 2. The van der Waals surface area contributed by atoms with Crippen LogP contribution < -0.4 is 10.5 Å². The lowest BCUT2D eigenvalue weighted by Crippen LogP contribution is -2.23. The number of nitrogens with two attached hydrogens (primary N) is 1. The summed E-state index contributed by atoms with van der Waals surface area (Å²) in [6.07, 6.45) is 4.48. The SMILES string of the molecule is COc1ccccc1CC(N)CCCC(C)C. The molecule has 0 radical (unpaired) electrons. The summed E-state index contributed by atoms with van der Waals surface area (Å²) in [5, 5.41) is 0. The molecule has 96 valence electrons. The first-order chi connectivity index (χ1) is 8.13. The predicted molar refractivity (Wildman–Crippen MR) is 73.4 cm³/mol. The first-order valence-corrected chi connectivity index (χ1v) is 6.51. The van der Waals surface area contributed by atoms with Gasteiger partial charge in [-0.1, -0.05) is 44.9 Å². The van der Waals surface area contributed by atoms with Gasteiger partial charge in [0.25, 0.3) is 0 Å². The Kier molecular flexibility index (Phi) is 6.06. The monoisotopic (exact) mass is 235 g/mol. The maximum absolute atomic E-state index is 6.16. The molecular formula is C15H25NO. The number of methoxy groups -OCH3 is 1. The molecule has 0 aliphatic rings. The second kappa shape index (κ2) is 7.33. The zero-order valence-electron chi connectivity index (χ0n) is 11.3. The minimum atomic E-state index is 0.241. The van der Waals surface area contributed by atoms with Crippen LogP contribution in [0, 0.1) is 5.92 Å². The standard InChI is InChI=1S/C15H25NO/c1-12(2)7-6-9-14(16)11-13-8-4-5-10-15(13)17-3/h4-5,8,10,12,14H,6-7,9,11,16H2,1-3H3. The molecule has 1 unspecified atom stereocenters. The summed E-state index contributed by atoms with van der Waals surface area (Å²) in [6.45, 7) is 4.51. The smallest absolute Gasteiger partial charge is 0.122 e. The van der Waals surface area contributed by atoms with Crippen molar-refractivity contribution in [1.82, 2.24) is 0 Å². The molecule has 0 spiro atoms. The summed E-state index contributed by atoms with van der Waals surface area (Å²) < 4.78 is 5.33. The van der Waals surface area contributed by atoms with Gasteiger partial charge in [-0.2, -0.15) is 0 Å². The van der Waals surface area contributed by atoms with Crippen molar-refractivity contribution in [3.05, 3.63) is 29.8 Å². The van der Waals surface area contributed by atoms with Crippen LogP contribution >= 0.6 is 0 Å². The van der Waals surface area contributed by atoms with Crippen molar-refractivity contribution in [2.75, 3.05) is 7.11 Å². The minimum absolute atomic E-state index is 0.241. The lowest BCUT2D eigenvalue weighted by molar-refractivity contribution is 0.406. The quantitative estimate of drug-likeness (QED) is 0.786. The van der Waals surface area contributed by atoms with Crippen LogP contribution in [0.3, 0.4) is 0 Å². The van der Waals surface area contributed by atoms with E-state index in [1.165, 1.54) is 18.4 Å². The first kappa shape index (κ1) is 14.0. The number of ether oxygens (including phenoxy) is 1. The maximum Gasteiger partial charge on any atom is 0.122 e. The third-order valence-corrected chi connectivity index (χ3v) is 3.03. The molecule has 1 rings (SSSR count). The van der Waals surface area contributed by atoms with E-state index in [-0.39, 0.29) is 6.04 Å². The van der Waals surface area contributed by atoms with E-state index in [1.807, 2.05) is 18.2 Å². The summed E-state index contributed by atoms with van der Waals surface area (Å²) in [7, 11) is 1.71. The normalized spacial score (nSPS) is 12.8. The molecule has 2 heteroatoms. The van der Waals surface area contributed by atoms with Crippen LogP contribution in [0.25, 0.3) is 0 Å². The average Bonchev–Trinajstić information content (AvgIpc) is 2.29. The molecule has 0 heterocycles. The number of benzene rings is 1. The van der Waals surface area contributed by atoms with E-state index in [0.29, 0.717) is 0 Å². The molecule has 1 atom stereocenters. The fourth-order valence-corrected chi connectivity index (χ4v) is 2.04. The number of para-hydroxylation sites is 1. The van der Waals surface area contributed by atoms with E-state index in [1.54, 1.807) is 7.11 Å².